The molecule has 0 atom stereocenters. The number of benzene rings is 7. The topological polar surface area (TPSA) is 29.3 Å². The smallest absolute Gasteiger partial charge is 0.159 e. The average Bonchev–Trinajstić information content (AvgIpc) is 3.70. The van der Waals surface area contributed by atoms with Gasteiger partial charge in [-0.05, 0) is 97.7 Å². The molecule has 2 aromatic heterocycles. The minimum atomic E-state index is 0.830. The fraction of sp³-hybridized carbons (Fsp3) is 0. The Labute approximate surface area is 278 Å². The van der Waals surface area contributed by atoms with E-state index in [1.807, 2.05) is 12.3 Å². The maximum atomic E-state index is 6.50. The highest BCUT2D eigenvalue weighted by atomic mass is 16.3. The lowest BCUT2D eigenvalue weighted by atomic mass is 9.97. The van der Waals surface area contributed by atoms with Gasteiger partial charge in [0.2, 0.25) is 0 Å². The largest absolute Gasteiger partial charge is 0.454 e. The van der Waals surface area contributed by atoms with Crippen molar-refractivity contribution in [1.29, 1.82) is 0 Å². The second-order valence-corrected chi connectivity index (χ2v) is 12.4. The molecule has 0 spiro atoms. The molecule has 0 bridgehead atoms. The first-order chi connectivity index (χ1) is 23.8. The van der Waals surface area contributed by atoms with Gasteiger partial charge >= 0.3 is 0 Å². The van der Waals surface area contributed by atoms with Crippen LogP contribution in [0.2, 0.25) is 0 Å². The quantitative estimate of drug-likeness (QED) is 0.194. The molecule has 1 aliphatic carbocycles. The molecule has 0 saturated heterocycles. The summed E-state index contributed by atoms with van der Waals surface area (Å²) in [4.78, 5) is 6.66. The number of furan rings is 1. The van der Waals surface area contributed by atoms with E-state index in [9.17, 15) is 0 Å². The summed E-state index contributed by atoms with van der Waals surface area (Å²) in [6.07, 6.45) is 3.66. The van der Waals surface area contributed by atoms with Crippen molar-refractivity contribution < 1.29 is 4.42 Å². The van der Waals surface area contributed by atoms with E-state index in [2.05, 4.69) is 162 Å². The van der Waals surface area contributed by atoms with E-state index in [0.29, 0.717) is 0 Å². The van der Waals surface area contributed by atoms with Gasteiger partial charge in [0, 0.05) is 34.5 Å². The second-order valence-electron chi connectivity index (χ2n) is 12.4. The van der Waals surface area contributed by atoms with Crippen molar-refractivity contribution in [1.82, 2.24) is 4.98 Å². The van der Waals surface area contributed by atoms with E-state index in [-0.39, 0.29) is 0 Å². The lowest BCUT2D eigenvalue weighted by Gasteiger charge is -2.26. The highest BCUT2D eigenvalue weighted by Crippen LogP contribution is 2.48. The fourth-order valence-electron chi connectivity index (χ4n) is 7.44. The van der Waals surface area contributed by atoms with Crippen LogP contribution >= 0.6 is 0 Å². The van der Waals surface area contributed by atoms with E-state index in [4.69, 9.17) is 4.42 Å². The van der Waals surface area contributed by atoms with Gasteiger partial charge < -0.3 is 9.32 Å². The van der Waals surface area contributed by atoms with Gasteiger partial charge in [0.15, 0.2) is 5.58 Å². The Balaban J connectivity index is 1.09. The third-order valence-corrected chi connectivity index (χ3v) is 9.71. The number of pyridine rings is 1. The number of nitrogens with zero attached hydrogens (tertiary/aromatic N) is 2. The van der Waals surface area contributed by atoms with E-state index in [0.717, 1.165) is 39.0 Å². The summed E-state index contributed by atoms with van der Waals surface area (Å²) in [6, 6.07) is 56.5. The first kappa shape index (κ1) is 26.7. The zero-order valence-corrected chi connectivity index (χ0v) is 26.0. The first-order valence-electron chi connectivity index (χ1n) is 16.3. The maximum Gasteiger partial charge on any atom is 0.159 e. The Bertz CT molecular complexity index is 2650. The molecule has 0 radical (unpaired) electrons. The summed E-state index contributed by atoms with van der Waals surface area (Å²) < 4.78 is 6.50. The van der Waals surface area contributed by atoms with Crippen LogP contribution in [-0.2, 0) is 0 Å². The van der Waals surface area contributed by atoms with Gasteiger partial charge in [-0.1, -0.05) is 115 Å². The second kappa shape index (κ2) is 10.5. The van der Waals surface area contributed by atoms with E-state index >= 15 is 0 Å². The number of aromatic nitrogens is 1. The fourth-order valence-corrected chi connectivity index (χ4v) is 7.44. The van der Waals surface area contributed by atoms with Gasteiger partial charge in [-0.2, -0.15) is 0 Å². The zero-order valence-electron chi connectivity index (χ0n) is 26.0. The molecule has 10 rings (SSSR count). The van der Waals surface area contributed by atoms with Crippen LogP contribution in [0.3, 0.4) is 0 Å². The van der Waals surface area contributed by atoms with Crippen molar-refractivity contribution in [2.24, 2.45) is 0 Å². The minimum Gasteiger partial charge on any atom is -0.454 e. The van der Waals surface area contributed by atoms with Crippen molar-refractivity contribution in [2.45, 2.75) is 0 Å². The molecule has 3 heteroatoms. The van der Waals surface area contributed by atoms with Gasteiger partial charge in [0.1, 0.15) is 5.58 Å². The molecular formula is C45H28N2O. The summed E-state index contributed by atoms with van der Waals surface area (Å²) in [6.45, 7) is 0. The Kier molecular flexibility index (Phi) is 5.87. The van der Waals surface area contributed by atoms with Crippen LogP contribution in [0.15, 0.2) is 175 Å². The predicted octanol–water partition coefficient (Wildman–Crippen LogP) is 12.6. The van der Waals surface area contributed by atoms with Crippen LogP contribution in [0, 0.1) is 0 Å². The predicted molar refractivity (Wildman–Crippen MR) is 199 cm³/mol. The summed E-state index contributed by atoms with van der Waals surface area (Å²) in [5, 5.41) is 4.71. The molecule has 0 aliphatic heterocycles. The number of hydrogen-bond donors (Lipinski definition) is 0. The lowest BCUT2D eigenvalue weighted by Crippen LogP contribution is -2.10. The van der Waals surface area contributed by atoms with Crippen molar-refractivity contribution in [3.05, 3.63) is 170 Å². The Morgan fingerprint density at radius 3 is 1.85 bits per heavy atom. The molecular weight excluding hydrogens is 585 g/mol. The number of para-hydroxylation sites is 1. The van der Waals surface area contributed by atoms with Gasteiger partial charge in [-0.3, -0.25) is 4.98 Å². The van der Waals surface area contributed by atoms with E-state index in [1.54, 1.807) is 6.20 Å². The summed E-state index contributed by atoms with van der Waals surface area (Å²) >= 11 is 0. The molecule has 3 nitrogen and oxygen atoms in total. The number of anilines is 3. The van der Waals surface area contributed by atoms with E-state index in [1.165, 1.54) is 55.3 Å². The third-order valence-electron chi connectivity index (χ3n) is 9.71. The van der Waals surface area contributed by atoms with Crippen LogP contribution in [0.1, 0.15) is 0 Å². The average molecular weight is 613 g/mol. The molecule has 48 heavy (non-hydrogen) atoms. The van der Waals surface area contributed by atoms with Crippen molar-refractivity contribution in [3.63, 3.8) is 0 Å². The van der Waals surface area contributed by atoms with Gasteiger partial charge in [0.25, 0.3) is 0 Å². The molecule has 7 aromatic carbocycles. The van der Waals surface area contributed by atoms with Crippen LogP contribution < -0.4 is 4.90 Å². The molecule has 0 saturated carbocycles. The molecule has 0 amide bonds. The normalized spacial score (nSPS) is 11.8. The van der Waals surface area contributed by atoms with E-state index < -0.39 is 0 Å². The SMILES string of the molecule is c1ccc(-c2ccc(N(c3ccc(-c4ccc5c(c4)-c4cccc6cccc-5c46)cc3)c3cccc4c3oc3ccncc34)cc2)cc1. The van der Waals surface area contributed by atoms with Crippen molar-refractivity contribution in [3.8, 4) is 44.5 Å². The van der Waals surface area contributed by atoms with Crippen LogP contribution in [-0.4, -0.2) is 4.98 Å². The monoisotopic (exact) mass is 612 g/mol. The summed E-state index contributed by atoms with van der Waals surface area (Å²) in [7, 11) is 0. The Morgan fingerprint density at radius 2 is 1.10 bits per heavy atom. The van der Waals surface area contributed by atoms with Crippen molar-refractivity contribution >= 4 is 49.8 Å². The lowest BCUT2D eigenvalue weighted by molar-refractivity contribution is 0.668. The van der Waals surface area contributed by atoms with Crippen LogP contribution in [0.4, 0.5) is 17.1 Å². The molecule has 2 heterocycles. The standard InChI is InChI=1S/C45H28N2O/c1-2-7-29(8-3-1)30-15-20-34(21-16-30)47(42-14-6-13-39-41-28-46-26-25-43(41)48-45(39)42)35-22-17-31(18-23-35)33-19-24-36-37-11-4-9-32-10-5-12-38(44(32)37)40(36)27-33/h1-28H. The highest BCUT2D eigenvalue weighted by molar-refractivity contribution is 6.15. The maximum absolute atomic E-state index is 6.50. The minimum absolute atomic E-state index is 0.830. The van der Waals surface area contributed by atoms with Crippen LogP contribution in [0.5, 0.6) is 0 Å². The zero-order chi connectivity index (χ0) is 31.6. The Morgan fingerprint density at radius 1 is 0.458 bits per heavy atom. The van der Waals surface area contributed by atoms with Gasteiger partial charge in [-0.15, -0.1) is 0 Å². The molecule has 0 fully saturated rings. The Hall–Kier alpha value is -6.45. The first-order valence-corrected chi connectivity index (χ1v) is 16.3. The van der Waals surface area contributed by atoms with Gasteiger partial charge in [0.05, 0.1) is 5.69 Å². The summed E-state index contributed by atoms with van der Waals surface area (Å²) in [5.74, 6) is 0. The summed E-state index contributed by atoms with van der Waals surface area (Å²) in [5.41, 5.74) is 14.8. The molecule has 9 aromatic rings. The molecule has 0 N–H and O–H groups in total. The van der Waals surface area contributed by atoms with Crippen LogP contribution in [0.25, 0.3) is 77.2 Å². The third kappa shape index (κ3) is 4.11. The number of hydrogen-bond acceptors (Lipinski definition) is 3. The van der Waals surface area contributed by atoms with Gasteiger partial charge in [-0.25, -0.2) is 0 Å². The molecule has 224 valence electrons. The number of rotatable bonds is 5. The molecule has 1 aliphatic rings. The number of fused-ring (bicyclic) bond motifs is 6. The van der Waals surface area contributed by atoms with Crippen molar-refractivity contribution in [2.75, 3.05) is 4.90 Å². The highest BCUT2D eigenvalue weighted by Gasteiger charge is 2.22. The molecule has 0 unspecified atom stereocenters.